The molecule has 0 amide bonds. The van der Waals surface area contributed by atoms with Gasteiger partial charge in [-0.25, -0.2) is 4.98 Å². The quantitative estimate of drug-likeness (QED) is 0.529. The summed E-state index contributed by atoms with van der Waals surface area (Å²) in [4.78, 5) is 4.35. The van der Waals surface area contributed by atoms with Crippen molar-refractivity contribution in [1.82, 2.24) is 9.55 Å². The number of rotatable bonds is 2. The van der Waals surface area contributed by atoms with Crippen LogP contribution in [0.4, 0.5) is 0 Å². The summed E-state index contributed by atoms with van der Waals surface area (Å²) in [5, 5.41) is 7.63. The summed E-state index contributed by atoms with van der Waals surface area (Å²) in [6.45, 7) is 0. The summed E-state index contributed by atoms with van der Waals surface area (Å²) in [7, 11) is 0. The third-order valence-electron chi connectivity index (χ3n) is 2.91. The highest BCUT2D eigenvalue weighted by Gasteiger charge is 2.09. The third-order valence-corrected chi connectivity index (χ3v) is 2.91. The van der Waals surface area contributed by atoms with Crippen molar-refractivity contribution >= 4 is 16.9 Å². The molecular weight excluding hydrogens is 224 g/mol. The van der Waals surface area contributed by atoms with Crippen molar-refractivity contribution in [1.29, 1.82) is 5.41 Å². The maximum Gasteiger partial charge on any atom is 0.124 e. The molecule has 0 aliphatic carbocycles. The van der Waals surface area contributed by atoms with Crippen LogP contribution in [0.15, 0.2) is 54.9 Å². The fourth-order valence-corrected chi connectivity index (χ4v) is 2.06. The molecule has 3 N–H and O–H groups in total. The van der Waals surface area contributed by atoms with Crippen LogP contribution in [0, 0.1) is 5.41 Å². The number of nitrogen functional groups attached to an aromatic ring is 1. The van der Waals surface area contributed by atoms with Crippen molar-refractivity contribution in [2.24, 2.45) is 5.73 Å². The van der Waals surface area contributed by atoms with Crippen molar-refractivity contribution in [3.05, 3.63) is 60.4 Å². The van der Waals surface area contributed by atoms with Gasteiger partial charge in [0, 0.05) is 5.56 Å². The molecule has 1 heterocycles. The maximum absolute atomic E-state index is 7.63. The van der Waals surface area contributed by atoms with Crippen molar-refractivity contribution in [2.45, 2.75) is 0 Å². The molecule has 0 atom stereocenters. The molecule has 0 saturated heterocycles. The average molecular weight is 236 g/mol. The van der Waals surface area contributed by atoms with Crippen LogP contribution in [0.25, 0.3) is 16.7 Å². The van der Waals surface area contributed by atoms with E-state index < -0.39 is 0 Å². The van der Waals surface area contributed by atoms with E-state index in [1.807, 2.05) is 53.1 Å². The summed E-state index contributed by atoms with van der Waals surface area (Å²) in [5.74, 6) is 0.0587. The predicted molar refractivity (Wildman–Crippen MR) is 72.1 cm³/mol. The minimum Gasteiger partial charge on any atom is -0.384 e. The second-order valence-electron chi connectivity index (χ2n) is 4.03. The highest BCUT2D eigenvalue weighted by molar-refractivity contribution is 5.99. The fourth-order valence-electron chi connectivity index (χ4n) is 2.06. The molecule has 0 saturated carbocycles. The van der Waals surface area contributed by atoms with Crippen LogP contribution in [-0.2, 0) is 0 Å². The molecule has 1 aromatic heterocycles. The number of hydrogen-bond donors (Lipinski definition) is 2. The number of para-hydroxylation sites is 3. The second kappa shape index (κ2) is 4.00. The molecule has 0 bridgehead atoms. The van der Waals surface area contributed by atoms with E-state index in [-0.39, 0.29) is 5.84 Å². The van der Waals surface area contributed by atoms with Crippen LogP contribution >= 0.6 is 0 Å². The van der Waals surface area contributed by atoms with Crippen molar-refractivity contribution in [3.8, 4) is 5.69 Å². The van der Waals surface area contributed by atoms with Crippen molar-refractivity contribution in [3.63, 3.8) is 0 Å². The molecule has 0 unspecified atom stereocenters. The predicted octanol–water partition coefficient (Wildman–Crippen LogP) is 2.31. The fraction of sp³-hybridized carbons (Fsp3) is 0. The Hall–Kier alpha value is -2.62. The molecule has 0 aliphatic rings. The van der Waals surface area contributed by atoms with E-state index >= 15 is 0 Å². The Bertz CT molecular complexity index is 727. The van der Waals surface area contributed by atoms with E-state index in [4.69, 9.17) is 11.1 Å². The van der Waals surface area contributed by atoms with Gasteiger partial charge in [0.05, 0.1) is 16.7 Å². The first kappa shape index (κ1) is 10.5. The summed E-state index contributed by atoms with van der Waals surface area (Å²) >= 11 is 0. The normalized spacial score (nSPS) is 10.7. The van der Waals surface area contributed by atoms with Gasteiger partial charge in [-0.15, -0.1) is 0 Å². The van der Waals surface area contributed by atoms with E-state index in [0.29, 0.717) is 5.56 Å². The van der Waals surface area contributed by atoms with Gasteiger partial charge in [0.25, 0.3) is 0 Å². The summed E-state index contributed by atoms with van der Waals surface area (Å²) in [6.07, 6.45) is 1.76. The first-order valence-corrected chi connectivity index (χ1v) is 5.63. The van der Waals surface area contributed by atoms with E-state index in [1.54, 1.807) is 6.33 Å². The van der Waals surface area contributed by atoms with Crippen molar-refractivity contribution in [2.75, 3.05) is 0 Å². The third kappa shape index (κ3) is 1.55. The SMILES string of the molecule is N=C(N)c1ccccc1-n1cnc2ccccc21. The zero-order valence-electron chi connectivity index (χ0n) is 9.67. The van der Waals surface area contributed by atoms with Gasteiger partial charge in [-0.1, -0.05) is 24.3 Å². The number of nitrogens with two attached hydrogens (primary N) is 1. The van der Waals surface area contributed by atoms with Gasteiger partial charge in [-0.2, -0.15) is 0 Å². The Kier molecular flexibility index (Phi) is 2.34. The lowest BCUT2D eigenvalue weighted by atomic mass is 10.1. The average Bonchev–Trinajstić information content (AvgIpc) is 2.82. The Balaban J connectivity index is 2.30. The number of nitrogens with zero attached hydrogens (tertiary/aromatic N) is 2. The first-order chi connectivity index (χ1) is 8.77. The standard InChI is InChI=1S/C14H12N4/c15-14(16)10-5-1-3-7-12(10)18-9-17-11-6-2-4-8-13(11)18/h1-9H,(H3,15,16). The Morgan fingerprint density at radius 3 is 2.61 bits per heavy atom. The number of amidine groups is 1. The Morgan fingerprint density at radius 2 is 1.78 bits per heavy atom. The lowest BCUT2D eigenvalue weighted by Crippen LogP contribution is -2.14. The largest absolute Gasteiger partial charge is 0.384 e. The summed E-state index contributed by atoms with van der Waals surface area (Å²) in [6, 6.07) is 15.5. The van der Waals surface area contributed by atoms with Crippen LogP contribution < -0.4 is 5.73 Å². The van der Waals surface area contributed by atoms with Gasteiger partial charge in [0.1, 0.15) is 12.2 Å². The minimum atomic E-state index is 0.0587. The van der Waals surface area contributed by atoms with Gasteiger partial charge in [-0.3, -0.25) is 9.98 Å². The van der Waals surface area contributed by atoms with Gasteiger partial charge in [0.2, 0.25) is 0 Å². The number of imidazole rings is 1. The Labute approximate surface area is 104 Å². The molecule has 4 heteroatoms. The van der Waals surface area contributed by atoms with Gasteiger partial charge < -0.3 is 5.73 Å². The number of aromatic nitrogens is 2. The van der Waals surface area contributed by atoms with Gasteiger partial charge in [-0.05, 0) is 24.3 Å². The van der Waals surface area contributed by atoms with Crippen LogP contribution in [0.1, 0.15) is 5.56 Å². The molecule has 3 rings (SSSR count). The number of fused-ring (bicyclic) bond motifs is 1. The molecule has 3 aromatic rings. The minimum absolute atomic E-state index is 0.0587. The lowest BCUT2D eigenvalue weighted by Gasteiger charge is -2.09. The van der Waals surface area contributed by atoms with Crippen molar-refractivity contribution < 1.29 is 0 Å². The molecule has 0 radical (unpaired) electrons. The van der Waals surface area contributed by atoms with E-state index in [2.05, 4.69) is 4.98 Å². The molecule has 88 valence electrons. The molecule has 18 heavy (non-hydrogen) atoms. The van der Waals surface area contributed by atoms with E-state index in [1.165, 1.54) is 0 Å². The molecule has 0 fully saturated rings. The number of nitrogens with one attached hydrogen (secondary N) is 1. The van der Waals surface area contributed by atoms with Crippen LogP contribution in [-0.4, -0.2) is 15.4 Å². The number of benzene rings is 2. The summed E-state index contributed by atoms with van der Waals surface area (Å²) < 4.78 is 1.95. The van der Waals surface area contributed by atoms with E-state index in [0.717, 1.165) is 16.7 Å². The van der Waals surface area contributed by atoms with Crippen LogP contribution in [0.5, 0.6) is 0 Å². The molecule has 2 aromatic carbocycles. The second-order valence-corrected chi connectivity index (χ2v) is 4.03. The lowest BCUT2D eigenvalue weighted by molar-refractivity contribution is 1.08. The van der Waals surface area contributed by atoms with Gasteiger partial charge in [0.15, 0.2) is 0 Å². The van der Waals surface area contributed by atoms with Crippen LogP contribution in [0.3, 0.4) is 0 Å². The van der Waals surface area contributed by atoms with Crippen LogP contribution in [0.2, 0.25) is 0 Å². The molecule has 4 nitrogen and oxygen atoms in total. The molecule has 0 spiro atoms. The zero-order chi connectivity index (χ0) is 12.5. The van der Waals surface area contributed by atoms with E-state index in [9.17, 15) is 0 Å². The van der Waals surface area contributed by atoms with Gasteiger partial charge >= 0.3 is 0 Å². The monoisotopic (exact) mass is 236 g/mol. The highest BCUT2D eigenvalue weighted by atomic mass is 15.1. The topological polar surface area (TPSA) is 67.7 Å². The summed E-state index contributed by atoms with van der Waals surface area (Å²) in [5.41, 5.74) is 9.13. The zero-order valence-corrected chi connectivity index (χ0v) is 9.67. The first-order valence-electron chi connectivity index (χ1n) is 5.63. The Morgan fingerprint density at radius 1 is 1.06 bits per heavy atom. The highest BCUT2D eigenvalue weighted by Crippen LogP contribution is 2.20. The molecular formula is C14H12N4. The smallest absolute Gasteiger partial charge is 0.124 e. The maximum atomic E-state index is 7.63. The number of hydrogen-bond acceptors (Lipinski definition) is 2. The molecule has 0 aliphatic heterocycles.